The van der Waals surface area contributed by atoms with Crippen molar-refractivity contribution in [2.24, 2.45) is 0 Å². The molecule has 1 aliphatic rings. The zero-order valence-corrected chi connectivity index (χ0v) is 13.0. The van der Waals surface area contributed by atoms with Gasteiger partial charge in [0.05, 0.1) is 0 Å². The van der Waals surface area contributed by atoms with E-state index in [-0.39, 0.29) is 0 Å². The van der Waals surface area contributed by atoms with Crippen LogP contribution in [0.4, 0.5) is 0 Å². The molecule has 1 nitrogen and oxygen atoms in total. The first-order valence-corrected chi connectivity index (χ1v) is 8.16. The third-order valence-electron chi connectivity index (χ3n) is 2.89. The molecule has 0 N–H and O–H groups in total. The summed E-state index contributed by atoms with van der Waals surface area (Å²) in [6, 6.07) is 0. The molecule has 0 bridgehead atoms. The van der Waals surface area contributed by atoms with E-state index in [1.54, 1.807) is 0 Å². The van der Waals surface area contributed by atoms with Gasteiger partial charge in [0.1, 0.15) is 0 Å². The molecule has 0 aromatic carbocycles. The van der Waals surface area contributed by atoms with Gasteiger partial charge in [-0.2, -0.15) is 0 Å². The molecule has 0 aliphatic carbocycles. The molecule has 1 aliphatic heterocycles. The average Bonchev–Trinajstić information content (AvgIpc) is 2.92. The summed E-state index contributed by atoms with van der Waals surface area (Å²) < 4.78 is 4.94. The normalized spacial score (nSPS) is 14.9. The zero-order valence-electron chi connectivity index (χ0n) is 11.4. The quantitative estimate of drug-likeness (QED) is 0.512. The molecule has 0 unspecified atom stereocenters. The molecule has 1 rings (SSSR count). The monoisotopic (exact) mass is 304 g/mol. The van der Waals surface area contributed by atoms with E-state index >= 15 is 0 Å². The topological polar surface area (TPSA) is 9.23 Å². The van der Waals surface area contributed by atoms with Crippen molar-refractivity contribution in [1.29, 1.82) is 0 Å². The number of hydrogen-bond acceptors (Lipinski definition) is 1. The van der Waals surface area contributed by atoms with Crippen LogP contribution in [0.5, 0.6) is 0 Å². The first-order chi connectivity index (χ1) is 8.41. The zero-order chi connectivity index (χ0) is 12.6. The minimum Gasteiger partial charge on any atom is -0.381 e. The van der Waals surface area contributed by atoms with Gasteiger partial charge in [0, 0.05) is 13.2 Å². The van der Waals surface area contributed by atoms with Crippen LogP contribution in [0.2, 0.25) is 0 Å². The lowest BCUT2D eigenvalue weighted by Gasteiger charge is -1.98. The van der Waals surface area contributed by atoms with Gasteiger partial charge in [-0.3, -0.25) is 0 Å². The third-order valence-corrected chi connectivity index (χ3v) is 3.26. The Hall–Kier alpha value is 0.180. The Bertz CT molecular complexity index is 145. The predicted molar refractivity (Wildman–Crippen MR) is 80.7 cm³/mol. The maximum atomic E-state index is 4.94. The second kappa shape index (κ2) is 16.2. The van der Waals surface area contributed by atoms with Crippen molar-refractivity contribution in [2.75, 3.05) is 13.2 Å². The van der Waals surface area contributed by atoms with Crippen LogP contribution >= 0.6 is 15.9 Å². The molecule has 0 amide bonds. The van der Waals surface area contributed by atoms with Crippen LogP contribution in [0.15, 0.2) is 11.1 Å². The van der Waals surface area contributed by atoms with Crippen LogP contribution in [0.3, 0.4) is 0 Å². The molecule has 1 saturated heterocycles. The summed E-state index contributed by atoms with van der Waals surface area (Å²) in [6.45, 7) is 4.26. The lowest BCUT2D eigenvalue weighted by atomic mass is 10.1. The van der Waals surface area contributed by atoms with Crippen molar-refractivity contribution in [3.05, 3.63) is 11.1 Å². The molecule has 17 heavy (non-hydrogen) atoms. The standard InChI is InChI=1S/C11H21Br.C4H8O/c1-2-3-4-5-6-7-8-9-10-11-12;1-2-4-5-3-1/h10-11H,2-9H2,1H3;1-4H2. The first kappa shape index (κ1) is 17.2. The van der Waals surface area contributed by atoms with E-state index in [1.807, 2.05) is 4.99 Å². The van der Waals surface area contributed by atoms with E-state index in [2.05, 4.69) is 28.9 Å². The highest BCUT2D eigenvalue weighted by Crippen LogP contribution is 2.08. The summed E-state index contributed by atoms with van der Waals surface area (Å²) >= 11 is 3.27. The van der Waals surface area contributed by atoms with Gasteiger partial charge in [0.2, 0.25) is 0 Å². The van der Waals surface area contributed by atoms with Gasteiger partial charge in [-0.05, 0) is 30.7 Å². The van der Waals surface area contributed by atoms with Crippen molar-refractivity contribution in [1.82, 2.24) is 0 Å². The van der Waals surface area contributed by atoms with Crippen molar-refractivity contribution in [3.8, 4) is 0 Å². The minimum absolute atomic E-state index is 1.00. The number of allylic oxidation sites excluding steroid dienone is 1. The van der Waals surface area contributed by atoms with Crippen LogP contribution in [-0.2, 0) is 4.74 Å². The molecule has 1 fully saturated rings. The summed E-state index contributed by atoms with van der Waals surface area (Å²) in [4.78, 5) is 1.96. The van der Waals surface area contributed by atoms with E-state index in [1.165, 1.54) is 64.2 Å². The number of rotatable bonds is 8. The highest BCUT2D eigenvalue weighted by molar-refractivity contribution is 9.11. The first-order valence-electron chi connectivity index (χ1n) is 7.24. The van der Waals surface area contributed by atoms with Crippen LogP contribution in [0.25, 0.3) is 0 Å². The molecule has 0 atom stereocenters. The molecular formula is C15H29BrO. The van der Waals surface area contributed by atoms with E-state index < -0.39 is 0 Å². The van der Waals surface area contributed by atoms with E-state index in [9.17, 15) is 0 Å². The van der Waals surface area contributed by atoms with Gasteiger partial charge < -0.3 is 4.74 Å². The molecule has 2 heteroatoms. The summed E-state index contributed by atoms with van der Waals surface area (Å²) in [5.41, 5.74) is 0. The van der Waals surface area contributed by atoms with E-state index in [0.717, 1.165) is 13.2 Å². The largest absolute Gasteiger partial charge is 0.381 e. The third kappa shape index (κ3) is 16.2. The maximum absolute atomic E-state index is 4.94. The minimum atomic E-state index is 1.00. The maximum Gasteiger partial charge on any atom is 0.0466 e. The van der Waals surface area contributed by atoms with Crippen molar-refractivity contribution >= 4 is 15.9 Å². The summed E-state index contributed by atoms with van der Waals surface area (Å²) in [7, 11) is 0. The highest BCUT2D eigenvalue weighted by atomic mass is 79.9. The van der Waals surface area contributed by atoms with Crippen LogP contribution in [0.1, 0.15) is 71.1 Å². The Morgan fingerprint density at radius 1 is 0.941 bits per heavy atom. The molecule has 0 saturated carbocycles. The molecule has 0 spiro atoms. The second-order valence-corrected chi connectivity index (χ2v) is 5.12. The number of halogens is 1. The van der Waals surface area contributed by atoms with E-state index in [0.29, 0.717) is 0 Å². The van der Waals surface area contributed by atoms with Gasteiger partial charge >= 0.3 is 0 Å². The van der Waals surface area contributed by atoms with Crippen LogP contribution in [0, 0.1) is 0 Å². The van der Waals surface area contributed by atoms with Crippen molar-refractivity contribution in [3.63, 3.8) is 0 Å². The van der Waals surface area contributed by atoms with Gasteiger partial charge in [-0.15, -0.1) is 0 Å². The number of unbranched alkanes of at least 4 members (excludes halogenated alkanes) is 7. The molecular weight excluding hydrogens is 276 g/mol. The molecule has 1 heterocycles. The Labute approximate surface area is 116 Å². The van der Waals surface area contributed by atoms with E-state index in [4.69, 9.17) is 4.74 Å². The lowest BCUT2D eigenvalue weighted by Crippen LogP contribution is -1.78. The summed E-state index contributed by atoms with van der Waals surface area (Å²) in [5.74, 6) is 0. The lowest BCUT2D eigenvalue weighted by molar-refractivity contribution is 0.198. The predicted octanol–water partition coefficient (Wildman–Crippen LogP) is 5.83. The van der Waals surface area contributed by atoms with Crippen LogP contribution in [-0.4, -0.2) is 13.2 Å². The average molecular weight is 305 g/mol. The highest BCUT2D eigenvalue weighted by Gasteiger charge is 1.94. The molecule has 0 aromatic rings. The number of hydrogen-bond donors (Lipinski definition) is 0. The van der Waals surface area contributed by atoms with Gasteiger partial charge in [0.25, 0.3) is 0 Å². The Balaban J connectivity index is 0.000000419. The fourth-order valence-electron chi connectivity index (χ4n) is 1.79. The Morgan fingerprint density at radius 2 is 1.53 bits per heavy atom. The van der Waals surface area contributed by atoms with Crippen molar-refractivity contribution < 1.29 is 4.74 Å². The molecule has 102 valence electrons. The summed E-state index contributed by atoms with van der Waals surface area (Å²) in [6.07, 6.45) is 15.8. The Morgan fingerprint density at radius 3 is 2.00 bits per heavy atom. The van der Waals surface area contributed by atoms with Gasteiger partial charge in [0.15, 0.2) is 0 Å². The van der Waals surface area contributed by atoms with Crippen LogP contribution < -0.4 is 0 Å². The fraction of sp³-hybridized carbons (Fsp3) is 0.867. The SMILES string of the molecule is C1CCOC1.CCCCCCCCCC=CBr. The van der Waals surface area contributed by atoms with Gasteiger partial charge in [-0.25, -0.2) is 0 Å². The molecule has 0 aromatic heterocycles. The van der Waals surface area contributed by atoms with Crippen molar-refractivity contribution in [2.45, 2.75) is 71.1 Å². The van der Waals surface area contributed by atoms with Gasteiger partial charge in [-0.1, -0.05) is 67.5 Å². The molecule has 0 radical (unpaired) electrons. The summed E-state index contributed by atoms with van der Waals surface area (Å²) in [5, 5.41) is 0. The second-order valence-electron chi connectivity index (χ2n) is 4.59. The Kier molecular flexibility index (Phi) is 16.4. The smallest absolute Gasteiger partial charge is 0.0466 e. The fourth-order valence-corrected chi connectivity index (χ4v) is 2.06. The number of ether oxygens (including phenoxy) is 1.